The Labute approximate surface area is 182 Å². The van der Waals surface area contributed by atoms with Crippen molar-refractivity contribution in [3.05, 3.63) is 70.5 Å². The zero-order chi connectivity index (χ0) is 18.5. The molecule has 0 aliphatic carbocycles. The average molecular weight is 449 g/mol. The number of hydrogen-bond donors (Lipinski definition) is 1. The van der Waals surface area contributed by atoms with E-state index in [1.54, 1.807) is 12.1 Å². The maximum absolute atomic E-state index is 13.9. The van der Waals surface area contributed by atoms with E-state index >= 15 is 0 Å². The van der Waals surface area contributed by atoms with Crippen molar-refractivity contribution in [2.24, 2.45) is 5.73 Å². The summed E-state index contributed by atoms with van der Waals surface area (Å²) in [5, 5.41) is 0.442. The van der Waals surface area contributed by atoms with Gasteiger partial charge in [0.2, 0.25) is 5.91 Å². The summed E-state index contributed by atoms with van der Waals surface area (Å²) in [5.74, 6) is -0.227. The first-order valence-corrected chi connectivity index (χ1v) is 9.16. The highest BCUT2D eigenvalue weighted by Gasteiger charge is 2.24. The molecule has 1 aliphatic heterocycles. The van der Waals surface area contributed by atoms with Gasteiger partial charge in [-0.05, 0) is 17.7 Å². The minimum atomic E-state index is -0.293. The minimum Gasteiger partial charge on any atom is -0.340 e. The normalized spacial score (nSPS) is 15.3. The molecule has 0 spiro atoms. The van der Waals surface area contributed by atoms with E-state index in [1.807, 2.05) is 35.2 Å². The molecule has 3 rings (SSSR count). The molecule has 1 heterocycles. The number of nitrogens with zero attached hydrogens (tertiary/aromatic N) is 2. The summed E-state index contributed by atoms with van der Waals surface area (Å²) < 4.78 is 13.9. The number of hydrogen-bond acceptors (Lipinski definition) is 3. The highest BCUT2D eigenvalue weighted by molar-refractivity contribution is 6.31. The van der Waals surface area contributed by atoms with Crippen LogP contribution in [0.25, 0.3) is 0 Å². The van der Waals surface area contributed by atoms with Crippen LogP contribution in [-0.4, -0.2) is 41.9 Å². The smallest absolute Gasteiger partial charge is 0.224 e. The van der Waals surface area contributed by atoms with Crippen LogP contribution in [-0.2, 0) is 11.3 Å². The molecule has 1 unspecified atom stereocenters. The lowest BCUT2D eigenvalue weighted by Crippen LogP contribution is -2.48. The van der Waals surface area contributed by atoms with Gasteiger partial charge in [-0.25, -0.2) is 4.39 Å². The second-order valence-electron chi connectivity index (χ2n) is 6.58. The predicted molar refractivity (Wildman–Crippen MR) is 116 cm³/mol. The maximum atomic E-state index is 13.9. The molecule has 1 aliphatic rings. The number of nitrogens with two attached hydrogens (primary N) is 1. The summed E-state index contributed by atoms with van der Waals surface area (Å²) in [6.07, 6.45) is 0.295. The van der Waals surface area contributed by atoms with E-state index in [4.69, 9.17) is 17.3 Å². The Bertz CT molecular complexity index is 735. The van der Waals surface area contributed by atoms with E-state index in [-0.39, 0.29) is 42.6 Å². The first kappa shape index (κ1) is 24.7. The molecule has 2 N–H and O–H groups in total. The molecule has 154 valence electrons. The highest BCUT2D eigenvalue weighted by atomic mass is 35.5. The third kappa shape index (κ3) is 6.33. The Morgan fingerprint density at radius 1 is 1.04 bits per heavy atom. The zero-order valence-corrected chi connectivity index (χ0v) is 17.8. The van der Waals surface area contributed by atoms with Crippen LogP contribution in [0.4, 0.5) is 4.39 Å². The van der Waals surface area contributed by atoms with Gasteiger partial charge in [-0.2, -0.15) is 0 Å². The molecule has 0 radical (unpaired) electrons. The quantitative estimate of drug-likeness (QED) is 0.750. The van der Waals surface area contributed by atoms with Gasteiger partial charge in [0.1, 0.15) is 5.82 Å². The van der Waals surface area contributed by atoms with Crippen LogP contribution in [0.5, 0.6) is 0 Å². The molecule has 2 aromatic rings. The average Bonchev–Trinajstić information content (AvgIpc) is 2.66. The summed E-state index contributed by atoms with van der Waals surface area (Å²) in [6, 6.07) is 14.1. The second-order valence-corrected chi connectivity index (χ2v) is 6.99. The lowest BCUT2D eigenvalue weighted by Gasteiger charge is -2.35. The van der Waals surface area contributed by atoms with Crippen LogP contribution in [0.2, 0.25) is 5.02 Å². The molecule has 1 saturated heterocycles. The SMILES string of the molecule is Cl.Cl.NC(CC(=O)N1CCN(Cc2c(F)cccc2Cl)CC1)c1ccccc1. The number of carbonyl (C=O) groups is 1. The summed E-state index contributed by atoms with van der Waals surface area (Å²) in [5.41, 5.74) is 7.63. The van der Waals surface area contributed by atoms with Gasteiger partial charge in [0, 0.05) is 55.8 Å². The van der Waals surface area contributed by atoms with Crippen molar-refractivity contribution in [3.8, 4) is 0 Å². The van der Waals surface area contributed by atoms with E-state index < -0.39 is 0 Å². The first-order valence-electron chi connectivity index (χ1n) is 8.78. The van der Waals surface area contributed by atoms with Crippen LogP contribution >= 0.6 is 36.4 Å². The van der Waals surface area contributed by atoms with Crippen molar-refractivity contribution in [2.75, 3.05) is 26.2 Å². The lowest BCUT2D eigenvalue weighted by atomic mass is 10.0. The van der Waals surface area contributed by atoms with Gasteiger partial charge in [-0.15, -0.1) is 24.8 Å². The summed E-state index contributed by atoms with van der Waals surface area (Å²) in [7, 11) is 0. The molecule has 1 atom stereocenters. The molecule has 8 heteroatoms. The number of benzene rings is 2. The van der Waals surface area contributed by atoms with Gasteiger partial charge in [-0.1, -0.05) is 48.0 Å². The van der Waals surface area contributed by atoms with Crippen molar-refractivity contribution in [1.29, 1.82) is 0 Å². The second kappa shape index (κ2) is 11.6. The Morgan fingerprint density at radius 2 is 1.68 bits per heavy atom. The molecule has 4 nitrogen and oxygen atoms in total. The van der Waals surface area contributed by atoms with Gasteiger partial charge in [-0.3, -0.25) is 9.69 Å². The predicted octanol–water partition coefficient (Wildman–Crippen LogP) is 4.06. The van der Waals surface area contributed by atoms with Crippen molar-refractivity contribution >= 4 is 42.3 Å². The van der Waals surface area contributed by atoms with Crippen molar-refractivity contribution < 1.29 is 9.18 Å². The summed E-state index contributed by atoms with van der Waals surface area (Å²) in [6.45, 7) is 3.07. The maximum Gasteiger partial charge on any atom is 0.224 e. The zero-order valence-electron chi connectivity index (χ0n) is 15.4. The van der Waals surface area contributed by atoms with E-state index in [2.05, 4.69) is 4.90 Å². The summed E-state index contributed by atoms with van der Waals surface area (Å²) in [4.78, 5) is 16.5. The fourth-order valence-corrected chi connectivity index (χ4v) is 3.42. The number of piperazine rings is 1. The number of rotatable bonds is 5. The molecule has 28 heavy (non-hydrogen) atoms. The minimum absolute atomic E-state index is 0. The first-order chi connectivity index (χ1) is 12.5. The van der Waals surface area contributed by atoms with Crippen LogP contribution in [0, 0.1) is 5.82 Å². The number of amides is 1. The Balaban J connectivity index is 0.00000196. The highest BCUT2D eigenvalue weighted by Crippen LogP contribution is 2.22. The van der Waals surface area contributed by atoms with Gasteiger partial charge in [0.15, 0.2) is 0 Å². The largest absolute Gasteiger partial charge is 0.340 e. The fraction of sp³-hybridized carbons (Fsp3) is 0.350. The molecule has 2 aromatic carbocycles. The van der Waals surface area contributed by atoms with E-state index in [0.717, 1.165) is 5.56 Å². The standard InChI is InChI=1S/C20H23ClFN3O.2ClH/c21-17-7-4-8-18(22)16(17)14-24-9-11-25(12-10-24)20(26)13-19(23)15-5-2-1-3-6-15;;/h1-8,19H,9-14,23H2;2*1H. The van der Waals surface area contributed by atoms with Gasteiger partial charge < -0.3 is 10.6 Å². The van der Waals surface area contributed by atoms with Gasteiger partial charge in [0.25, 0.3) is 0 Å². The molecule has 1 fully saturated rings. The van der Waals surface area contributed by atoms with Crippen molar-refractivity contribution in [3.63, 3.8) is 0 Å². The third-order valence-electron chi connectivity index (χ3n) is 4.79. The van der Waals surface area contributed by atoms with E-state index in [1.165, 1.54) is 6.07 Å². The molecular formula is C20H25Cl3FN3O. The lowest BCUT2D eigenvalue weighted by molar-refractivity contribution is -0.133. The number of halogens is 4. The monoisotopic (exact) mass is 447 g/mol. The molecule has 0 saturated carbocycles. The third-order valence-corrected chi connectivity index (χ3v) is 5.14. The van der Waals surface area contributed by atoms with Crippen molar-refractivity contribution in [1.82, 2.24) is 9.80 Å². The molecular weight excluding hydrogens is 424 g/mol. The van der Waals surface area contributed by atoms with Crippen LogP contribution < -0.4 is 5.73 Å². The Morgan fingerprint density at radius 3 is 2.29 bits per heavy atom. The topological polar surface area (TPSA) is 49.6 Å². The van der Waals surface area contributed by atoms with Crippen LogP contribution in [0.1, 0.15) is 23.6 Å². The fourth-order valence-electron chi connectivity index (χ4n) is 3.20. The van der Waals surface area contributed by atoms with E-state index in [0.29, 0.717) is 49.7 Å². The van der Waals surface area contributed by atoms with E-state index in [9.17, 15) is 9.18 Å². The van der Waals surface area contributed by atoms with Gasteiger partial charge >= 0.3 is 0 Å². The van der Waals surface area contributed by atoms with Gasteiger partial charge in [0.05, 0.1) is 0 Å². The number of carbonyl (C=O) groups excluding carboxylic acids is 1. The molecule has 0 aromatic heterocycles. The van der Waals surface area contributed by atoms with Crippen LogP contribution in [0.15, 0.2) is 48.5 Å². The summed E-state index contributed by atoms with van der Waals surface area (Å²) >= 11 is 6.10. The Hall–Kier alpha value is -1.37. The molecule has 0 bridgehead atoms. The van der Waals surface area contributed by atoms with Crippen LogP contribution in [0.3, 0.4) is 0 Å². The van der Waals surface area contributed by atoms with Crippen molar-refractivity contribution in [2.45, 2.75) is 19.0 Å². The molecule has 1 amide bonds. The Kier molecular flexibility index (Phi) is 10.2.